The molecule has 1 aliphatic rings. The van der Waals surface area contributed by atoms with Gasteiger partial charge in [-0.05, 0) is 24.5 Å². The van der Waals surface area contributed by atoms with E-state index in [-0.39, 0.29) is 11.3 Å². The number of Topliss-reactive ketones (excluding diaryl/α,β-unsaturated/α-hetero) is 1. The van der Waals surface area contributed by atoms with Crippen LogP contribution in [0.15, 0.2) is 18.2 Å². The molecule has 0 N–H and O–H groups in total. The summed E-state index contributed by atoms with van der Waals surface area (Å²) in [4.78, 5) is 35.1. The van der Waals surface area contributed by atoms with Gasteiger partial charge in [0.2, 0.25) is 0 Å². The first kappa shape index (κ1) is 13.5. The molecule has 0 aliphatic carbocycles. The van der Waals surface area contributed by atoms with E-state index in [1.54, 1.807) is 11.8 Å². The van der Waals surface area contributed by atoms with E-state index in [0.717, 1.165) is 12.2 Å². The van der Waals surface area contributed by atoms with Crippen LogP contribution in [0.25, 0.3) is 0 Å². The molecule has 0 atom stereocenters. The number of carbonyl (C=O) groups excluding carboxylic acids is 2. The molecule has 2 rings (SSSR count). The molecule has 0 spiro atoms. The van der Waals surface area contributed by atoms with Gasteiger partial charge in [-0.25, -0.2) is 0 Å². The lowest BCUT2D eigenvalue weighted by Crippen LogP contribution is -2.30. The van der Waals surface area contributed by atoms with Crippen LogP contribution in [0.3, 0.4) is 0 Å². The van der Waals surface area contributed by atoms with E-state index in [2.05, 4.69) is 0 Å². The smallest absolute Gasteiger partial charge is 0.299 e. The molecule has 0 saturated heterocycles. The van der Waals surface area contributed by atoms with Crippen LogP contribution in [0.5, 0.6) is 0 Å². The number of benzene rings is 1. The van der Waals surface area contributed by atoms with Crippen LogP contribution in [0, 0.1) is 10.1 Å². The molecule has 0 fully saturated rings. The van der Waals surface area contributed by atoms with E-state index in [4.69, 9.17) is 0 Å². The van der Waals surface area contributed by atoms with Gasteiger partial charge in [-0.15, -0.1) is 0 Å². The Morgan fingerprint density at radius 2 is 2.11 bits per heavy atom. The number of nitrogens with zero attached hydrogens (tertiary/aromatic N) is 2. The number of amides is 1. The molecule has 100 valence electrons. The van der Waals surface area contributed by atoms with Crippen molar-refractivity contribution in [2.24, 2.45) is 0 Å². The van der Waals surface area contributed by atoms with Crippen LogP contribution in [0.1, 0.15) is 16.8 Å². The fourth-order valence-corrected chi connectivity index (χ4v) is 2.41. The Morgan fingerprint density at radius 3 is 2.74 bits per heavy atom. The Hall–Kier alpha value is -1.89. The number of hydrogen-bond donors (Lipinski definition) is 0. The third-order valence-electron chi connectivity index (χ3n) is 2.90. The predicted octanol–water partition coefficient (Wildman–Crippen LogP) is 1.88. The monoisotopic (exact) mass is 280 g/mol. The van der Waals surface area contributed by atoms with Gasteiger partial charge in [-0.1, -0.05) is 0 Å². The van der Waals surface area contributed by atoms with E-state index in [0.29, 0.717) is 12.2 Å². The molecule has 1 aliphatic heterocycles. The normalized spacial score (nSPS) is 13.8. The number of hydrogen-bond acceptors (Lipinski definition) is 5. The van der Waals surface area contributed by atoms with Crippen LogP contribution in [0.4, 0.5) is 11.4 Å². The Bertz CT molecular complexity index is 559. The second-order valence-electron chi connectivity index (χ2n) is 4.09. The van der Waals surface area contributed by atoms with E-state index in [1.165, 1.54) is 23.1 Å². The largest absolute Gasteiger partial charge is 0.305 e. The molecule has 19 heavy (non-hydrogen) atoms. The van der Waals surface area contributed by atoms with Crippen LogP contribution >= 0.6 is 11.8 Å². The molecule has 0 aromatic heterocycles. The number of rotatable bonds is 5. The number of non-ortho nitro benzene ring substituents is 1. The minimum Gasteiger partial charge on any atom is -0.305 e. The van der Waals surface area contributed by atoms with Gasteiger partial charge in [-0.2, -0.15) is 11.8 Å². The Morgan fingerprint density at radius 1 is 1.37 bits per heavy atom. The summed E-state index contributed by atoms with van der Waals surface area (Å²) >= 11 is 1.66. The molecule has 0 unspecified atom stereocenters. The SMILES string of the molecule is CSCCCN1C(=O)C(=O)c2cc([N+](=O)[O-])ccc21. The summed E-state index contributed by atoms with van der Waals surface area (Å²) in [5, 5.41) is 10.7. The van der Waals surface area contributed by atoms with E-state index in [9.17, 15) is 19.7 Å². The summed E-state index contributed by atoms with van der Waals surface area (Å²) in [6.07, 6.45) is 2.74. The van der Waals surface area contributed by atoms with Crippen molar-refractivity contribution < 1.29 is 14.5 Å². The lowest BCUT2D eigenvalue weighted by molar-refractivity contribution is -0.384. The zero-order valence-electron chi connectivity index (χ0n) is 10.3. The topological polar surface area (TPSA) is 80.5 Å². The fraction of sp³-hybridized carbons (Fsp3) is 0.333. The maximum absolute atomic E-state index is 11.8. The van der Waals surface area contributed by atoms with Gasteiger partial charge in [-0.3, -0.25) is 19.7 Å². The fourth-order valence-electron chi connectivity index (χ4n) is 1.99. The van der Waals surface area contributed by atoms with Gasteiger partial charge in [0.15, 0.2) is 0 Å². The van der Waals surface area contributed by atoms with E-state index in [1.807, 2.05) is 6.26 Å². The summed E-state index contributed by atoms with van der Waals surface area (Å²) in [7, 11) is 0. The van der Waals surface area contributed by atoms with Crippen molar-refractivity contribution in [2.45, 2.75) is 6.42 Å². The second kappa shape index (κ2) is 5.40. The highest BCUT2D eigenvalue weighted by Gasteiger charge is 2.36. The summed E-state index contributed by atoms with van der Waals surface area (Å²) in [6, 6.07) is 3.95. The number of anilines is 1. The summed E-state index contributed by atoms with van der Waals surface area (Å²) in [5.41, 5.74) is 0.427. The Kier molecular flexibility index (Phi) is 3.84. The van der Waals surface area contributed by atoms with E-state index < -0.39 is 16.6 Å². The van der Waals surface area contributed by atoms with Gasteiger partial charge in [0.25, 0.3) is 17.4 Å². The average molecular weight is 280 g/mol. The third kappa shape index (κ3) is 2.46. The molecule has 1 amide bonds. The maximum atomic E-state index is 11.8. The number of carbonyl (C=O) groups is 2. The number of fused-ring (bicyclic) bond motifs is 1. The lowest BCUT2D eigenvalue weighted by atomic mass is 10.1. The summed E-state index contributed by atoms with van der Waals surface area (Å²) in [5.74, 6) is -0.375. The molecule has 7 heteroatoms. The van der Waals surface area contributed by atoms with Crippen molar-refractivity contribution in [1.29, 1.82) is 0 Å². The summed E-state index contributed by atoms with van der Waals surface area (Å²) in [6.45, 7) is 0.455. The Balaban J connectivity index is 2.30. The highest BCUT2D eigenvalue weighted by molar-refractivity contribution is 7.98. The van der Waals surface area contributed by atoms with Crippen LogP contribution in [-0.2, 0) is 4.79 Å². The second-order valence-corrected chi connectivity index (χ2v) is 5.08. The van der Waals surface area contributed by atoms with Gasteiger partial charge < -0.3 is 4.90 Å². The van der Waals surface area contributed by atoms with E-state index >= 15 is 0 Å². The molecule has 0 bridgehead atoms. The molecule has 6 nitrogen and oxygen atoms in total. The molecule has 1 heterocycles. The number of nitro benzene ring substituents is 1. The summed E-state index contributed by atoms with van der Waals surface area (Å²) < 4.78 is 0. The number of nitro groups is 1. The van der Waals surface area contributed by atoms with Crippen LogP contribution in [-0.4, -0.2) is 35.2 Å². The predicted molar refractivity (Wildman–Crippen MR) is 72.8 cm³/mol. The zero-order valence-corrected chi connectivity index (χ0v) is 11.1. The van der Waals surface area contributed by atoms with Crippen molar-refractivity contribution in [3.05, 3.63) is 33.9 Å². The minimum atomic E-state index is -0.664. The molecule has 1 aromatic rings. The molecule has 1 aromatic carbocycles. The zero-order chi connectivity index (χ0) is 14.0. The Labute approximate surface area is 113 Å². The highest BCUT2D eigenvalue weighted by Crippen LogP contribution is 2.32. The standard InChI is InChI=1S/C12H12N2O4S/c1-19-6-2-5-13-10-4-3-8(14(17)18)7-9(10)11(15)12(13)16/h3-4,7H,2,5-6H2,1H3. The highest BCUT2D eigenvalue weighted by atomic mass is 32.2. The lowest BCUT2D eigenvalue weighted by Gasteiger charge is -2.15. The van der Waals surface area contributed by atoms with Gasteiger partial charge >= 0.3 is 0 Å². The molecular formula is C12H12N2O4S. The first-order chi connectivity index (χ1) is 9.06. The maximum Gasteiger partial charge on any atom is 0.299 e. The van der Waals surface area contributed by atoms with Crippen molar-refractivity contribution in [3.8, 4) is 0 Å². The quantitative estimate of drug-likeness (QED) is 0.356. The average Bonchev–Trinajstić information content (AvgIpc) is 2.63. The molecular weight excluding hydrogens is 268 g/mol. The first-order valence-electron chi connectivity index (χ1n) is 5.70. The van der Waals surface area contributed by atoms with Crippen LogP contribution < -0.4 is 4.90 Å². The van der Waals surface area contributed by atoms with Crippen molar-refractivity contribution in [3.63, 3.8) is 0 Å². The van der Waals surface area contributed by atoms with Crippen molar-refractivity contribution >= 4 is 34.8 Å². The first-order valence-corrected chi connectivity index (χ1v) is 7.09. The van der Waals surface area contributed by atoms with Crippen molar-refractivity contribution in [2.75, 3.05) is 23.5 Å². The molecule has 0 radical (unpaired) electrons. The molecule has 0 saturated carbocycles. The van der Waals surface area contributed by atoms with Crippen LogP contribution in [0.2, 0.25) is 0 Å². The minimum absolute atomic E-state index is 0.128. The van der Waals surface area contributed by atoms with Gasteiger partial charge in [0, 0.05) is 18.7 Å². The number of ketones is 1. The van der Waals surface area contributed by atoms with Gasteiger partial charge in [0.1, 0.15) is 0 Å². The van der Waals surface area contributed by atoms with Gasteiger partial charge in [0.05, 0.1) is 16.2 Å². The van der Waals surface area contributed by atoms with Crippen molar-refractivity contribution in [1.82, 2.24) is 0 Å². The third-order valence-corrected chi connectivity index (χ3v) is 3.59. The number of thioether (sulfide) groups is 1.